The maximum atomic E-state index is 12.0. The third-order valence-electron chi connectivity index (χ3n) is 3.94. The number of hydrogen-bond donors (Lipinski definition) is 2. The lowest BCUT2D eigenvalue weighted by atomic mass is 10.1. The van der Waals surface area contributed by atoms with Crippen molar-refractivity contribution in [3.63, 3.8) is 0 Å². The molecular weight excluding hydrogens is 435 g/mol. The van der Waals surface area contributed by atoms with Crippen LogP contribution in [0.2, 0.25) is 15.2 Å². The molecule has 0 unspecified atom stereocenters. The highest BCUT2D eigenvalue weighted by Gasteiger charge is 2.10. The highest BCUT2D eigenvalue weighted by Crippen LogP contribution is 2.22. The maximum absolute atomic E-state index is 12.0. The average Bonchev–Trinajstić information content (AvgIpc) is 2.68. The number of nitrogens with one attached hydrogen (secondary N) is 2. The summed E-state index contributed by atoms with van der Waals surface area (Å²) in [6.07, 6.45) is 1.40. The van der Waals surface area contributed by atoms with Gasteiger partial charge in [0.05, 0.1) is 28.3 Å². The highest BCUT2D eigenvalue weighted by atomic mass is 35.5. The molecule has 0 fully saturated rings. The van der Waals surface area contributed by atoms with Crippen LogP contribution in [0.25, 0.3) is 10.9 Å². The number of nitrogens with zero attached hydrogens (tertiary/aromatic N) is 2. The van der Waals surface area contributed by atoms with E-state index in [-0.39, 0.29) is 16.7 Å². The van der Waals surface area contributed by atoms with Crippen LogP contribution in [-0.4, -0.2) is 29.6 Å². The van der Waals surface area contributed by atoms with Crippen molar-refractivity contribution in [2.75, 3.05) is 6.54 Å². The molecule has 3 rings (SSSR count). The molecule has 29 heavy (non-hydrogen) atoms. The number of rotatable bonds is 5. The Labute approximate surface area is 181 Å². The fourth-order valence-electron chi connectivity index (χ4n) is 2.47. The quantitative estimate of drug-likeness (QED) is 0.344. The first-order valence-electron chi connectivity index (χ1n) is 8.45. The van der Waals surface area contributed by atoms with E-state index in [4.69, 9.17) is 34.8 Å². The first-order chi connectivity index (χ1) is 13.8. The van der Waals surface area contributed by atoms with E-state index in [1.165, 1.54) is 24.4 Å². The van der Waals surface area contributed by atoms with Crippen molar-refractivity contribution in [3.05, 3.63) is 74.4 Å². The molecule has 1 heterocycles. The lowest BCUT2D eigenvalue weighted by Crippen LogP contribution is -2.34. The van der Waals surface area contributed by atoms with E-state index in [0.29, 0.717) is 16.1 Å². The monoisotopic (exact) mass is 448 g/mol. The molecule has 0 aliphatic rings. The summed E-state index contributed by atoms with van der Waals surface area (Å²) in [7, 11) is 0. The SMILES string of the molecule is Cc1ccc2cc(/C=N\NC(=O)CNC(=O)c3ccc(Cl)c(Cl)c3)c(Cl)nc2c1. The van der Waals surface area contributed by atoms with E-state index in [0.717, 1.165) is 16.5 Å². The number of carbonyl (C=O) groups is 2. The van der Waals surface area contributed by atoms with Gasteiger partial charge in [-0.3, -0.25) is 9.59 Å². The number of hydrogen-bond acceptors (Lipinski definition) is 4. The van der Waals surface area contributed by atoms with Crippen LogP contribution in [0, 0.1) is 6.92 Å². The minimum atomic E-state index is -0.504. The van der Waals surface area contributed by atoms with Gasteiger partial charge in [0.2, 0.25) is 0 Å². The Morgan fingerprint density at radius 1 is 1.07 bits per heavy atom. The number of carbonyl (C=O) groups excluding carboxylic acids is 2. The molecule has 0 saturated carbocycles. The van der Waals surface area contributed by atoms with Crippen LogP contribution < -0.4 is 10.7 Å². The average molecular weight is 450 g/mol. The van der Waals surface area contributed by atoms with Crippen LogP contribution in [0.5, 0.6) is 0 Å². The van der Waals surface area contributed by atoms with Crippen molar-refractivity contribution in [3.8, 4) is 0 Å². The Bertz CT molecular complexity index is 1130. The van der Waals surface area contributed by atoms with Gasteiger partial charge < -0.3 is 5.32 Å². The Morgan fingerprint density at radius 2 is 1.86 bits per heavy atom. The summed E-state index contributed by atoms with van der Waals surface area (Å²) in [5.41, 5.74) is 5.04. The standard InChI is InChI=1S/C20H15Cl3N4O2/c1-11-2-3-12-7-14(19(23)26-17(12)6-11)9-25-27-18(28)10-24-20(29)13-4-5-15(21)16(22)8-13/h2-9H,10H2,1H3,(H,24,29)(H,27,28)/b25-9-. The maximum Gasteiger partial charge on any atom is 0.259 e. The van der Waals surface area contributed by atoms with Gasteiger partial charge in [-0.15, -0.1) is 0 Å². The molecule has 0 bridgehead atoms. The summed E-state index contributed by atoms with van der Waals surface area (Å²) in [4.78, 5) is 28.3. The largest absolute Gasteiger partial charge is 0.343 e. The van der Waals surface area contributed by atoms with Crippen molar-refractivity contribution in [2.24, 2.45) is 5.10 Å². The van der Waals surface area contributed by atoms with Crippen LogP contribution in [0.4, 0.5) is 0 Å². The van der Waals surface area contributed by atoms with Gasteiger partial charge in [-0.05, 0) is 42.8 Å². The number of aryl methyl sites for hydroxylation is 1. The van der Waals surface area contributed by atoms with Gasteiger partial charge in [-0.1, -0.05) is 46.9 Å². The number of aromatic nitrogens is 1. The van der Waals surface area contributed by atoms with E-state index in [1.54, 1.807) is 0 Å². The number of amides is 2. The van der Waals surface area contributed by atoms with Crippen LogP contribution in [0.1, 0.15) is 21.5 Å². The number of hydrazone groups is 1. The Balaban J connectivity index is 1.57. The smallest absolute Gasteiger partial charge is 0.259 e. The Kier molecular flexibility index (Phi) is 6.69. The van der Waals surface area contributed by atoms with E-state index in [9.17, 15) is 9.59 Å². The third-order valence-corrected chi connectivity index (χ3v) is 4.98. The first-order valence-corrected chi connectivity index (χ1v) is 9.59. The number of benzene rings is 2. The second-order valence-electron chi connectivity index (χ2n) is 6.17. The van der Waals surface area contributed by atoms with E-state index in [2.05, 4.69) is 20.8 Å². The summed E-state index contributed by atoms with van der Waals surface area (Å²) in [6, 6.07) is 12.1. The fourth-order valence-corrected chi connectivity index (χ4v) is 2.97. The zero-order valence-corrected chi connectivity index (χ0v) is 17.4. The number of halogens is 3. The van der Waals surface area contributed by atoms with Gasteiger partial charge in [0, 0.05) is 16.5 Å². The molecule has 9 heteroatoms. The number of fused-ring (bicyclic) bond motifs is 1. The molecule has 148 valence electrons. The molecule has 0 radical (unpaired) electrons. The number of pyridine rings is 1. The highest BCUT2D eigenvalue weighted by molar-refractivity contribution is 6.42. The molecule has 3 aromatic rings. The summed E-state index contributed by atoms with van der Waals surface area (Å²) in [5.74, 6) is -0.963. The second-order valence-corrected chi connectivity index (χ2v) is 7.34. The van der Waals surface area contributed by atoms with Gasteiger partial charge in [0.25, 0.3) is 11.8 Å². The molecule has 1 aromatic heterocycles. The molecule has 0 aliphatic carbocycles. The molecule has 0 atom stereocenters. The lowest BCUT2D eigenvalue weighted by molar-refractivity contribution is -0.120. The molecule has 2 N–H and O–H groups in total. The predicted molar refractivity (Wildman–Crippen MR) is 116 cm³/mol. The summed E-state index contributed by atoms with van der Waals surface area (Å²) in [6.45, 7) is 1.71. The molecular formula is C20H15Cl3N4O2. The van der Waals surface area contributed by atoms with E-state index >= 15 is 0 Å². The molecule has 2 amide bonds. The van der Waals surface area contributed by atoms with Crippen LogP contribution >= 0.6 is 34.8 Å². The van der Waals surface area contributed by atoms with Crippen molar-refractivity contribution >= 4 is 63.7 Å². The third kappa shape index (κ3) is 5.44. The molecule has 6 nitrogen and oxygen atoms in total. The summed E-state index contributed by atoms with van der Waals surface area (Å²) in [5, 5.41) is 8.10. The molecule has 0 spiro atoms. The van der Waals surface area contributed by atoms with Crippen LogP contribution in [-0.2, 0) is 4.79 Å². The topological polar surface area (TPSA) is 83.5 Å². The van der Waals surface area contributed by atoms with Crippen LogP contribution in [0.15, 0.2) is 47.6 Å². The molecule has 2 aromatic carbocycles. The molecule has 0 saturated heterocycles. The Morgan fingerprint density at radius 3 is 2.62 bits per heavy atom. The fraction of sp³-hybridized carbons (Fsp3) is 0.100. The summed E-state index contributed by atoms with van der Waals surface area (Å²) < 4.78 is 0. The van der Waals surface area contributed by atoms with Crippen molar-refractivity contribution in [2.45, 2.75) is 6.92 Å². The first kappa shape index (κ1) is 21.0. The minimum absolute atomic E-state index is 0.254. The van der Waals surface area contributed by atoms with Crippen molar-refractivity contribution < 1.29 is 9.59 Å². The zero-order valence-electron chi connectivity index (χ0n) is 15.2. The van der Waals surface area contributed by atoms with Crippen molar-refractivity contribution in [1.29, 1.82) is 0 Å². The zero-order chi connectivity index (χ0) is 21.0. The van der Waals surface area contributed by atoms with Gasteiger partial charge >= 0.3 is 0 Å². The van der Waals surface area contributed by atoms with Crippen LogP contribution in [0.3, 0.4) is 0 Å². The Hall–Kier alpha value is -2.67. The van der Waals surface area contributed by atoms with Crippen molar-refractivity contribution in [1.82, 2.24) is 15.7 Å². The van der Waals surface area contributed by atoms with Gasteiger partial charge in [-0.2, -0.15) is 5.10 Å². The van der Waals surface area contributed by atoms with E-state index in [1.807, 2.05) is 31.2 Å². The van der Waals surface area contributed by atoms with E-state index < -0.39 is 11.8 Å². The normalized spacial score (nSPS) is 11.0. The molecule has 0 aliphatic heterocycles. The lowest BCUT2D eigenvalue weighted by Gasteiger charge is -2.05. The summed E-state index contributed by atoms with van der Waals surface area (Å²) >= 11 is 17.9. The predicted octanol–water partition coefficient (Wildman–Crippen LogP) is 4.38. The second kappa shape index (κ2) is 9.22. The minimum Gasteiger partial charge on any atom is -0.343 e. The van der Waals surface area contributed by atoms with Gasteiger partial charge in [-0.25, -0.2) is 10.4 Å². The van der Waals surface area contributed by atoms with Gasteiger partial charge in [0.15, 0.2) is 0 Å². The van der Waals surface area contributed by atoms with Gasteiger partial charge in [0.1, 0.15) is 5.15 Å².